The SMILES string of the molecule is CCc1cccnc1C(Cc1ncnn1CC)NN. The molecule has 0 bridgehead atoms. The number of rotatable bonds is 6. The summed E-state index contributed by atoms with van der Waals surface area (Å²) < 4.78 is 1.87. The minimum absolute atomic E-state index is 0.0503. The van der Waals surface area contributed by atoms with E-state index in [9.17, 15) is 0 Å². The minimum Gasteiger partial charge on any atom is -0.271 e. The maximum Gasteiger partial charge on any atom is 0.138 e. The maximum atomic E-state index is 5.69. The van der Waals surface area contributed by atoms with Crippen LogP contribution in [0.15, 0.2) is 24.7 Å². The van der Waals surface area contributed by atoms with Crippen LogP contribution in [0.2, 0.25) is 0 Å². The molecule has 0 saturated carbocycles. The van der Waals surface area contributed by atoms with E-state index in [1.807, 2.05) is 17.7 Å². The van der Waals surface area contributed by atoms with Crippen molar-refractivity contribution in [3.8, 4) is 0 Å². The summed E-state index contributed by atoms with van der Waals surface area (Å²) in [6.07, 6.45) is 4.98. The van der Waals surface area contributed by atoms with Gasteiger partial charge in [0.1, 0.15) is 12.2 Å². The van der Waals surface area contributed by atoms with Crippen LogP contribution >= 0.6 is 0 Å². The van der Waals surface area contributed by atoms with Crippen molar-refractivity contribution in [1.82, 2.24) is 25.2 Å². The van der Waals surface area contributed by atoms with E-state index in [-0.39, 0.29) is 6.04 Å². The zero-order valence-electron chi connectivity index (χ0n) is 11.4. The Morgan fingerprint density at radius 3 is 2.89 bits per heavy atom. The van der Waals surface area contributed by atoms with E-state index in [1.54, 1.807) is 12.5 Å². The van der Waals surface area contributed by atoms with Gasteiger partial charge in [0.25, 0.3) is 0 Å². The second kappa shape index (κ2) is 6.40. The van der Waals surface area contributed by atoms with Crippen molar-refractivity contribution in [2.24, 2.45) is 5.84 Å². The third-order valence-electron chi connectivity index (χ3n) is 3.22. The lowest BCUT2D eigenvalue weighted by molar-refractivity contribution is 0.497. The van der Waals surface area contributed by atoms with E-state index in [0.29, 0.717) is 6.42 Å². The summed E-state index contributed by atoms with van der Waals surface area (Å²) in [5.41, 5.74) is 5.03. The van der Waals surface area contributed by atoms with Gasteiger partial charge < -0.3 is 0 Å². The fraction of sp³-hybridized carbons (Fsp3) is 0.462. The molecule has 1 atom stereocenters. The Hall–Kier alpha value is -1.79. The van der Waals surface area contributed by atoms with Crippen molar-refractivity contribution in [3.63, 3.8) is 0 Å². The zero-order valence-corrected chi connectivity index (χ0v) is 11.4. The average molecular weight is 260 g/mol. The molecule has 0 saturated heterocycles. The van der Waals surface area contributed by atoms with Gasteiger partial charge in [-0.05, 0) is 25.0 Å². The van der Waals surface area contributed by atoms with Gasteiger partial charge in [0, 0.05) is 19.2 Å². The largest absolute Gasteiger partial charge is 0.271 e. The standard InChI is InChI=1S/C13H20N6/c1-3-10-6-5-7-15-13(10)11(18-14)8-12-16-9-17-19(12)4-2/h5-7,9,11,18H,3-4,8,14H2,1-2H3. The average Bonchev–Trinajstić information content (AvgIpc) is 2.92. The van der Waals surface area contributed by atoms with Crippen molar-refractivity contribution in [3.05, 3.63) is 41.7 Å². The molecule has 0 radical (unpaired) electrons. The molecule has 0 fully saturated rings. The van der Waals surface area contributed by atoms with Crippen LogP contribution in [-0.4, -0.2) is 19.7 Å². The highest BCUT2D eigenvalue weighted by Gasteiger charge is 2.17. The van der Waals surface area contributed by atoms with Crippen LogP contribution < -0.4 is 11.3 Å². The Labute approximate surface area is 113 Å². The number of hydrazine groups is 1. The molecular weight excluding hydrogens is 240 g/mol. The van der Waals surface area contributed by atoms with Crippen LogP contribution in [0.5, 0.6) is 0 Å². The number of hydrogen-bond acceptors (Lipinski definition) is 5. The first-order chi connectivity index (χ1) is 9.30. The summed E-state index contributed by atoms with van der Waals surface area (Å²) in [5, 5.41) is 4.17. The van der Waals surface area contributed by atoms with E-state index in [0.717, 1.165) is 24.5 Å². The molecule has 0 aliphatic heterocycles. The molecule has 2 aromatic rings. The molecule has 6 heteroatoms. The van der Waals surface area contributed by atoms with Crippen LogP contribution in [-0.2, 0) is 19.4 Å². The second-order valence-electron chi connectivity index (χ2n) is 4.32. The molecule has 2 aromatic heterocycles. The van der Waals surface area contributed by atoms with Crippen molar-refractivity contribution in [1.29, 1.82) is 0 Å². The smallest absolute Gasteiger partial charge is 0.138 e. The molecule has 0 aliphatic carbocycles. The van der Waals surface area contributed by atoms with E-state index in [2.05, 4.69) is 33.5 Å². The Morgan fingerprint density at radius 2 is 2.21 bits per heavy atom. The van der Waals surface area contributed by atoms with Gasteiger partial charge in [-0.1, -0.05) is 13.0 Å². The normalized spacial score (nSPS) is 12.6. The third-order valence-corrected chi connectivity index (χ3v) is 3.22. The Morgan fingerprint density at radius 1 is 1.37 bits per heavy atom. The van der Waals surface area contributed by atoms with Gasteiger partial charge in [-0.25, -0.2) is 4.98 Å². The number of pyridine rings is 1. The van der Waals surface area contributed by atoms with Crippen molar-refractivity contribution < 1.29 is 0 Å². The fourth-order valence-electron chi connectivity index (χ4n) is 2.19. The molecular formula is C13H20N6. The van der Waals surface area contributed by atoms with Crippen LogP contribution in [0.1, 0.15) is 37.0 Å². The lowest BCUT2D eigenvalue weighted by Gasteiger charge is -2.17. The Kier molecular flexibility index (Phi) is 4.59. The van der Waals surface area contributed by atoms with Crippen molar-refractivity contribution >= 4 is 0 Å². The molecule has 102 valence electrons. The monoisotopic (exact) mass is 260 g/mol. The molecule has 1 unspecified atom stereocenters. The lowest BCUT2D eigenvalue weighted by Crippen LogP contribution is -2.32. The summed E-state index contributed by atoms with van der Waals surface area (Å²) >= 11 is 0. The zero-order chi connectivity index (χ0) is 13.7. The van der Waals surface area contributed by atoms with Crippen LogP contribution in [0.25, 0.3) is 0 Å². The summed E-state index contributed by atoms with van der Waals surface area (Å²) in [7, 11) is 0. The van der Waals surface area contributed by atoms with Gasteiger partial charge in [-0.15, -0.1) is 0 Å². The summed E-state index contributed by atoms with van der Waals surface area (Å²) in [6, 6.07) is 3.98. The summed E-state index contributed by atoms with van der Waals surface area (Å²) in [6.45, 7) is 4.96. The number of nitrogens with zero attached hydrogens (tertiary/aromatic N) is 4. The Balaban J connectivity index is 2.25. The highest BCUT2D eigenvalue weighted by Crippen LogP contribution is 2.18. The lowest BCUT2D eigenvalue weighted by atomic mass is 10.0. The van der Waals surface area contributed by atoms with E-state index < -0.39 is 0 Å². The second-order valence-corrected chi connectivity index (χ2v) is 4.32. The first kappa shape index (κ1) is 13.6. The third kappa shape index (κ3) is 2.97. The van der Waals surface area contributed by atoms with E-state index in [1.165, 1.54) is 5.56 Å². The van der Waals surface area contributed by atoms with E-state index in [4.69, 9.17) is 5.84 Å². The summed E-state index contributed by atoms with van der Waals surface area (Å²) in [4.78, 5) is 8.74. The predicted molar refractivity (Wildman–Crippen MR) is 73.1 cm³/mol. The molecule has 0 amide bonds. The molecule has 3 N–H and O–H groups in total. The van der Waals surface area contributed by atoms with Gasteiger partial charge in [-0.2, -0.15) is 5.10 Å². The molecule has 2 heterocycles. The highest BCUT2D eigenvalue weighted by molar-refractivity contribution is 5.23. The fourth-order valence-corrected chi connectivity index (χ4v) is 2.19. The first-order valence-corrected chi connectivity index (χ1v) is 6.56. The van der Waals surface area contributed by atoms with Gasteiger partial charge in [0.2, 0.25) is 0 Å². The molecule has 19 heavy (non-hydrogen) atoms. The van der Waals surface area contributed by atoms with E-state index >= 15 is 0 Å². The van der Waals surface area contributed by atoms with Gasteiger partial charge >= 0.3 is 0 Å². The van der Waals surface area contributed by atoms with Crippen LogP contribution in [0.4, 0.5) is 0 Å². The Bertz CT molecular complexity index is 521. The van der Waals surface area contributed by atoms with Gasteiger partial charge in [0.15, 0.2) is 0 Å². The minimum atomic E-state index is -0.0503. The quantitative estimate of drug-likeness (QED) is 0.598. The van der Waals surface area contributed by atoms with Crippen molar-refractivity contribution in [2.75, 3.05) is 0 Å². The molecule has 0 spiro atoms. The summed E-state index contributed by atoms with van der Waals surface area (Å²) in [5.74, 6) is 6.60. The number of nitrogens with one attached hydrogen (secondary N) is 1. The highest BCUT2D eigenvalue weighted by atomic mass is 15.3. The topological polar surface area (TPSA) is 81.7 Å². The number of aryl methyl sites for hydroxylation is 2. The van der Waals surface area contributed by atoms with Crippen LogP contribution in [0, 0.1) is 0 Å². The molecule has 0 aromatic carbocycles. The number of nitrogens with two attached hydrogens (primary N) is 1. The number of hydrogen-bond donors (Lipinski definition) is 2. The first-order valence-electron chi connectivity index (χ1n) is 6.56. The molecule has 0 aliphatic rings. The number of aromatic nitrogens is 4. The molecule has 6 nitrogen and oxygen atoms in total. The van der Waals surface area contributed by atoms with Crippen LogP contribution in [0.3, 0.4) is 0 Å². The van der Waals surface area contributed by atoms with Crippen molar-refractivity contribution in [2.45, 2.75) is 39.3 Å². The van der Waals surface area contributed by atoms with Gasteiger partial charge in [0.05, 0.1) is 11.7 Å². The maximum absolute atomic E-state index is 5.69. The molecule has 2 rings (SSSR count). The predicted octanol–water partition coefficient (Wildman–Crippen LogP) is 1.00. The van der Waals surface area contributed by atoms with Gasteiger partial charge in [-0.3, -0.25) is 20.9 Å².